The van der Waals surface area contributed by atoms with Gasteiger partial charge in [-0.2, -0.15) is 0 Å². The lowest BCUT2D eigenvalue weighted by molar-refractivity contribution is -0.122. The second-order valence-corrected chi connectivity index (χ2v) is 7.53. The van der Waals surface area contributed by atoms with Gasteiger partial charge in [0.1, 0.15) is 11.6 Å². The van der Waals surface area contributed by atoms with Gasteiger partial charge < -0.3 is 16.0 Å². The first-order valence-electron chi connectivity index (χ1n) is 10.2. The van der Waals surface area contributed by atoms with E-state index in [-0.39, 0.29) is 11.8 Å². The molecule has 4 heterocycles. The molecule has 3 N–H and O–H groups in total. The lowest BCUT2D eigenvalue weighted by Crippen LogP contribution is -2.38. The Morgan fingerprint density at radius 3 is 2.68 bits per heavy atom. The molecule has 0 radical (unpaired) electrons. The number of piperidine rings is 1. The number of nitrogens with zero attached hydrogens (tertiary/aromatic N) is 6. The van der Waals surface area contributed by atoms with Gasteiger partial charge in [-0.05, 0) is 31.0 Å². The number of para-hydroxylation sites is 1. The highest BCUT2D eigenvalue weighted by Crippen LogP contribution is 2.29. The Balaban J connectivity index is 1.47. The molecule has 9 nitrogen and oxygen atoms in total. The summed E-state index contributed by atoms with van der Waals surface area (Å²) in [5.41, 5.74) is 7.34. The molecule has 1 amide bonds. The first kappa shape index (κ1) is 19.0. The fourth-order valence-electron chi connectivity index (χ4n) is 3.95. The van der Waals surface area contributed by atoms with E-state index in [4.69, 9.17) is 10.8 Å². The molecular formula is C22H22N8O. The van der Waals surface area contributed by atoms with Gasteiger partial charge in [-0.1, -0.05) is 12.1 Å². The summed E-state index contributed by atoms with van der Waals surface area (Å²) in [5.74, 6) is 1.93. The van der Waals surface area contributed by atoms with Gasteiger partial charge in [-0.25, -0.2) is 14.6 Å². The van der Waals surface area contributed by atoms with E-state index < -0.39 is 0 Å². The van der Waals surface area contributed by atoms with Crippen molar-refractivity contribution in [3.8, 4) is 5.69 Å². The largest absolute Gasteiger partial charge is 0.369 e. The highest BCUT2D eigenvalue weighted by molar-refractivity contribution is 5.92. The Hall–Kier alpha value is -4.01. The summed E-state index contributed by atoms with van der Waals surface area (Å²) in [7, 11) is 0. The van der Waals surface area contributed by atoms with Crippen LogP contribution in [0.25, 0.3) is 16.6 Å². The minimum Gasteiger partial charge on any atom is -0.369 e. The van der Waals surface area contributed by atoms with E-state index in [0.717, 1.165) is 48.3 Å². The summed E-state index contributed by atoms with van der Waals surface area (Å²) < 4.78 is 1.90. The summed E-state index contributed by atoms with van der Waals surface area (Å²) in [6.07, 6.45) is 8.21. The van der Waals surface area contributed by atoms with Gasteiger partial charge in [0.2, 0.25) is 5.91 Å². The maximum absolute atomic E-state index is 11.5. The number of nitrogens with two attached hydrogens (primary N) is 1. The van der Waals surface area contributed by atoms with Crippen LogP contribution >= 0.6 is 0 Å². The fraction of sp³-hybridized carbons (Fsp3) is 0.227. The number of carbonyl (C=O) groups excluding carboxylic acids is 1. The second kappa shape index (κ2) is 8.02. The molecular weight excluding hydrogens is 392 g/mol. The molecule has 1 fully saturated rings. The SMILES string of the molecule is NC(=O)C1CCN(c2cc(-n3nc(Nc4cnccn4)c4ccccc43)ccn2)CC1. The Morgan fingerprint density at radius 2 is 1.90 bits per heavy atom. The maximum atomic E-state index is 11.5. The zero-order chi connectivity index (χ0) is 21.2. The molecule has 4 aromatic rings. The van der Waals surface area contributed by atoms with Crippen LogP contribution in [0.5, 0.6) is 0 Å². The van der Waals surface area contributed by atoms with Gasteiger partial charge in [0.15, 0.2) is 5.82 Å². The number of hydrogen-bond donors (Lipinski definition) is 2. The molecule has 0 aliphatic carbocycles. The molecule has 31 heavy (non-hydrogen) atoms. The molecule has 1 aliphatic rings. The molecule has 0 saturated carbocycles. The number of benzene rings is 1. The van der Waals surface area contributed by atoms with Gasteiger partial charge in [-0.15, -0.1) is 5.10 Å². The van der Waals surface area contributed by atoms with Crippen LogP contribution in [0, 0.1) is 5.92 Å². The molecule has 0 spiro atoms. The first-order chi connectivity index (χ1) is 15.2. The van der Waals surface area contributed by atoms with Crippen molar-refractivity contribution in [3.63, 3.8) is 0 Å². The summed E-state index contributed by atoms with van der Waals surface area (Å²) in [5, 5.41) is 9.04. The van der Waals surface area contributed by atoms with Crippen LogP contribution in [0.1, 0.15) is 12.8 Å². The number of nitrogens with one attached hydrogen (secondary N) is 1. The lowest BCUT2D eigenvalue weighted by Gasteiger charge is -2.31. The average molecular weight is 414 g/mol. The number of carbonyl (C=O) groups is 1. The third-order valence-corrected chi connectivity index (χ3v) is 5.59. The molecule has 0 bridgehead atoms. The van der Waals surface area contributed by atoms with E-state index in [2.05, 4.69) is 25.2 Å². The number of pyridine rings is 1. The Morgan fingerprint density at radius 1 is 1.06 bits per heavy atom. The van der Waals surface area contributed by atoms with Gasteiger partial charge in [-0.3, -0.25) is 9.78 Å². The quantitative estimate of drug-likeness (QED) is 0.516. The number of hydrogen-bond acceptors (Lipinski definition) is 7. The third kappa shape index (κ3) is 3.77. The van der Waals surface area contributed by atoms with Crippen molar-refractivity contribution >= 4 is 34.3 Å². The number of anilines is 3. The highest BCUT2D eigenvalue weighted by atomic mass is 16.1. The van der Waals surface area contributed by atoms with Crippen molar-refractivity contribution < 1.29 is 4.79 Å². The molecule has 5 rings (SSSR count). The average Bonchev–Trinajstić information content (AvgIpc) is 3.18. The zero-order valence-electron chi connectivity index (χ0n) is 16.8. The summed E-state index contributed by atoms with van der Waals surface area (Å²) in [4.78, 5) is 26.6. The van der Waals surface area contributed by atoms with E-state index in [1.165, 1.54) is 0 Å². The highest BCUT2D eigenvalue weighted by Gasteiger charge is 2.24. The summed E-state index contributed by atoms with van der Waals surface area (Å²) in [6.45, 7) is 1.51. The van der Waals surface area contributed by atoms with Crippen LogP contribution < -0.4 is 16.0 Å². The topological polar surface area (TPSA) is 115 Å². The Bertz CT molecular complexity index is 1210. The Kier molecular flexibility index (Phi) is 4.91. The molecule has 1 aromatic carbocycles. The van der Waals surface area contributed by atoms with Crippen molar-refractivity contribution in [1.29, 1.82) is 0 Å². The van der Waals surface area contributed by atoms with Gasteiger partial charge in [0.25, 0.3) is 0 Å². The first-order valence-corrected chi connectivity index (χ1v) is 10.2. The predicted octanol–water partition coefficient (Wildman–Crippen LogP) is 2.66. The monoisotopic (exact) mass is 414 g/mol. The number of aromatic nitrogens is 5. The van der Waals surface area contributed by atoms with Crippen LogP contribution in [-0.2, 0) is 4.79 Å². The van der Waals surface area contributed by atoms with E-state index >= 15 is 0 Å². The molecule has 0 atom stereocenters. The van der Waals surface area contributed by atoms with E-state index in [9.17, 15) is 4.79 Å². The van der Waals surface area contributed by atoms with Crippen LogP contribution in [0.4, 0.5) is 17.5 Å². The van der Waals surface area contributed by atoms with Crippen LogP contribution in [-0.4, -0.2) is 43.7 Å². The second-order valence-electron chi connectivity index (χ2n) is 7.53. The van der Waals surface area contributed by atoms with Gasteiger partial charge in [0.05, 0.1) is 17.4 Å². The molecule has 156 valence electrons. The van der Waals surface area contributed by atoms with Crippen LogP contribution in [0.15, 0.2) is 61.2 Å². The van der Waals surface area contributed by atoms with Crippen molar-refractivity contribution in [2.75, 3.05) is 23.3 Å². The predicted molar refractivity (Wildman–Crippen MR) is 118 cm³/mol. The standard InChI is InChI=1S/C22H22N8O/c23-21(31)15-6-11-29(12-7-15)20-13-16(5-8-26-20)30-18-4-2-1-3-17(18)22(28-30)27-19-14-24-9-10-25-19/h1-5,8-10,13-15H,6-7,11-12H2,(H2,23,31)(H,25,27,28). The van der Waals surface area contributed by atoms with Gasteiger partial charge in [0, 0.05) is 49.1 Å². The van der Waals surface area contributed by atoms with E-state index in [0.29, 0.717) is 11.6 Å². The fourth-order valence-corrected chi connectivity index (χ4v) is 3.95. The molecule has 1 aliphatic heterocycles. The smallest absolute Gasteiger partial charge is 0.220 e. The molecule has 0 unspecified atom stereocenters. The maximum Gasteiger partial charge on any atom is 0.220 e. The molecule has 9 heteroatoms. The number of amides is 1. The van der Waals surface area contributed by atoms with Crippen molar-refractivity contribution in [1.82, 2.24) is 24.7 Å². The normalized spacial score (nSPS) is 14.6. The van der Waals surface area contributed by atoms with Crippen LogP contribution in [0.3, 0.4) is 0 Å². The van der Waals surface area contributed by atoms with Crippen molar-refractivity contribution in [2.24, 2.45) is 11.7 Å². The zero-order valence-corrected chi connectivity index (χ0v) is 16.8. The van der Waals surface area contributed by atoms with E-state index in [1.54, 1.807) is 24.8 Å². The number of rotatable bonds is 5. The van der Waals surface area contributed by atoms with Crippen molar-refractivity contribution in [2.45, 2.75) is 12.8 Å². The molecule has 3 aromatic heterocycles. The Labute approximate surface area is 178 Å². The van der Waals surface area contributed by atoms with Crippen molar-refractivity contribution in [3.05, 3.63) is 61.2 Å². The van der Waals surface area contributed by atoms with Crippen LogP contribution in [0.2, 0.25) is 0 Å². The molecule has 1 saturated heterocycles. The minimum absolute atomic E-state index is 0.0517. The number of fused-ring (bicyclic) bond motifs is 1. The summed E-state index contributed by atoms with van der Waals surface area (Å²) >= 11 is 0. The van der Waals surface area contributed by atoms with E-state index in [1.807, 2.05) is 41.1 Å². The lowest BCUT2D eigenvalue weighted by atomic mass is 9.96. The minimum atomic E-state index is -0.215. The van der Waals surface area contributed by atoms with Gasteiger partial charge >= 0.3 is 0 Å². The number of primary amides is 1. The summed E-state index contributed by atoms with van der Waals surface area (Å²) in [6, 6.07) is 12.0. The third-order valence-electron chi connectivity index (χ3n) is 5.59.